The first-order valence-corrected chi connectivity index (χ1v) is 8.39. The Balaban J connectivity index is 2.20. The van der Waals surface area contributed by atoms with Gasteiger partial charge in [0.25, 0.3) is 0 Å². The maximum absolute atomic E-state index is 11.9. The molecule has 0 spiro atoms. The van der Waals surface area contributed by atoms with Gasteiger partial charge in [-0.05, 0) is 44.8 Å². The molecule has 5 heteroatoms. The van der Waals surface area contributed by atoms with Gasteiger partial charge < -0.3 is 15.5 Å². The van der Waals surface area contributed by atoms with E-state index in [0.29, 0.717) is 12.5 Å². The molecule has 0 aliphatic heterocycles. The summed E-state index contributed by atoms with van der Waals surface area (Å²) in [5.74, 6) is -0.498. The van der Waals surface area contributed by atoms with Crippen molar-refractivity contribution in [3.8, 4) is 0 Å². The fourth-order valence-electron chi connectivity index (χ4n) is 2.89. The summed E-state index contributed by atoms with van der Waals surface area (Å²) in [6.07, 6.45) is 5.37. The lowest BCUT2D eigenvalue weighted by Gasteiger charge is -2.29. The second kappa shape index (κ2) is 9.77. The summed E-state index contributed by atoms with van der Waals surface area (Å²) < 4.78 is 0. The summed E-state index contributed by atoms with van der Waals surface area (Å²) in [6, 6.07) is 0.160. The summed E-state index contributed by atoms with van der Waals surface area (Å²) in [4.78, 5) is 25.9. The molecule has 0 aromatic carbocycles. The predicted octanol–water partition coefficient (Wildman–Crippen LogP) is 1.53. The van der Waals surface area contributed by atoms with Crippen molar-refractivity contribution in [1.29, 1.82) is 0 Å². The summed E-state index contributed by atoms with van der Waals surface area (Å²) in [5.41, 5.74) is 0. The Bertz CT molecular complexity index is 329. The molecule has 0 bridgehead atoms. The molecule has 2 N–H and O–H groups in total. The smallest absolute Gasteiger partial charge is 0.309 e. The number of hydrogen-bond donors (Lipinski definition) is 2. The lowest BCUT2D eigenvalue weighted by molar-refractivity contribution is -0.140. The third-order valence-electron chi connectivity index (χ3n) is 4.47. The minimum Gasteiger partial charge on any atom is -0.348 e. The topological polar surface area (TPSA) is 61.4 Å². The monoisotopic (exact) mass is 297 g/mol. The number of rotatable bonds is 7. The Morgan fingerprint density at radius 1 is 1.10 bits per heavy atom. The minimum atomic E-state index is -0.493. The van der Waals surface area contributed by atoms with Gasteiger partial charge in [-0.3, -0.25) is 9.59 Å². The highest BCUT2D eigenvalue weighted by Crippen LogP contribution is 2.23. The van der Waals surface area contributed by atoms with E-state index in [1.165, 1.54) is 6.42 Å². The number of carbonyl (C=O) groups excluding carboxylic acids is 2. The van der Waals surface area contributed by atoms with Crippen LogP contribution in [0.5, 0.6) is 0 Å². The number of nitrogens with one attached hydrogen (secondary N) is 2. The molecule has 2 unspecified atom stereocenters. The summed E-state index contributed by atoms with van der Waals surface area (Å²) in [6.45, 7) is 9.94. The molecule has 0 heterocycles. The van der Waals surface area contributed by atoms with Gasteiger partial charge >= 0.3 is 11.8 Å². The normalized spacial score (nSPS) is 22.1. The first-order valence-electron chi connectivity index (χ1n) is 8.39. The fraction of sp³-hybridized carbons (Fsp3) is 0.875. The lowest BCUT2D eigenvalue weighted by Crippen LogP contribution is -2.48. The van der Waals surface area contributed by atoms with E-state index in [0.717, 1.165) is 45.3 Å². The van der Waals surface area contributed by atoms with Gasteiger partial charge in [-0.15, -0.1) is 0 Å². The Hall–Kier alpha value is -1.10. The average Bonchev–Trinajstić information content (AvgIpc) is 2.49. The van der Waals surface area contributed by atoms with Gasteiger partial charge in [-0.1, -0.05) is 33.6 Å². The molecule has 5 nitrogen and oxygen atoms in total. The second-order valence-corrected chi connectivity index (χ2v) is 5.98. The van der Waals surface area contributed by atoms with E-state index in [2.05, 4.69) is 36.3 Å². The van der Waals surface area contributed by atoms with Crippen LogP contribution in [0.3, 0.4) is 0 Å². The van der Waals surface area contributed by atoms with E-state index >= 15 is 0 Å². The average molecular weight is 297 g/mol. The molecular formula is C16H31N3O2. The van der Waals surface area contributed by atoms with E-state index in [4.69, 9.17) is 0 Å². The largest absolute Gasteiger partial charge is 0.348 e. The Morgan fingerprint density at radius 2 is 1.76 bits per heavy atom. The van der Waals surface area contributed by atoms with Gasteiger partial charge in [-0.25, -0.2) is 0 Å². The van der Waals surface area contributed by atoms with E-state index in [9.17, 15) is 9.59 Å². The fourth-order valence-corrected chi connectivity index (χ4v) is 2.89. The van der Waals surface area contributed by atoms with Crippen molar-refractivity contribution in [3.05, 3.63) is 0 Å². The zero-order valence-electron chi connectivity index (χ0n) is 13.8. The van der Waals surface area contributed by atoms with Crippen molar-refractivity contribution in [2.24, 2.45) is 5.92 Å². The van der Waals surface area contributed by atoms with Crippen molar-refractivity contribution in [2.75, 3.05) is 26.2 Å². The van der Waals surface area contributed by atoms with Crippen molar-refractivity contribution in [1.82, 2.24) is 15.5 Å². The van der Waals surface area contributed by atoms with Gasteiger partial charge in [0.1, 0.15) is 0 Å². The summed E-state index contributed by atoms with van der Waals surface area (Å²) in [5, 5.41) is 5.59. The third kappa shape index (κ3) is 6.46. The van der Waals surface area contributed by atoms with E-state index < -0.39 is 11.8 Å². The molecule has 1 aliphatic carbocycles. The summed E-state index contributed by atoms with van der Waals surface area (Å²) in [7, 11) is 0. The third-order valence-corrected chi connectivity index (χ3v) is 4.47. The molecule has 0 radical (unpaired) electrons. The molecular weight excluding hydrogens is 266 g/mol. The predicted molar refractivity (Wildman–Crippen MR) is 85.0 cm³/mol. The van der Waals surface area contributed by atoms with Crippen LogP contribution in [-0.4, -0.2) is 48.9 Å². The zero-order valence-corrected chi connectivity index (χ0v) is 13.8. The SMILES string of the molecule is CCN(CC)CCCNC(=O)C(=O)NC1CCCCC1C. The van der Waals surface area contributed by atoms with E-state index in [1.807, 2.05) is 0 Å². The van der Waals surface area contributed by atoms with Crippen LogP contribution in [0.25, 0.3) is 0 Å². The van der Waals surface area contributed by atoms with Crippen LogP contribution < -0.4 is 10.6 Å². The van der Waals surface area contributed by atoms with Crippen LogP contribution >= 0.6 is 0 Å². The van der Waals surface area contributed by atoms with Crippen molar-refractivity contribution in [3.63, 3.8) is 0 Å². The number of hydrogen-bond acceptors (Lipinski definition) is 3. The van der Waals surface area contributed by atoms with Crippen LogP contribution in [0.15, 0.2) is 0 Å². The van der Waals surface area contributed by atoms with Gasteiger partial charge in [-0.2, -0.15) is 0 Å². The van der Waals surface area contributed by atoms with Crippen LogP contribution in [0.2, 0.25) is 0 Å². The molecule has 0 aromatic heterocycles. The first kappa shape index (κ1) is 18.0. The molecule has 0 aromatic rings. The van der Waals surface area contributed by atoms with Crippen molar-refractivity contribution < 1.29 is 9.59 Å². The Labute approximate surface area is 128 Å². The minimum absolute atomic E-state index is 0.160. The Kier molecular flexibility index (Phi) is 8.35. The molecule has 1 saturated carbocycles. The number of amides is 2. The van der Waals surface area contributed by atoms with Gasteiger partial charge in [0, 0.05) is 12.6 Å². The van der Waals surface area contributed by atoms with Crippen LogP contribution in [0.4, 0.5) is 0 Å². The first-order chi connectivity index (χ1) is 10.1. The highest BCUT2D eigenvalue weighted by molar-refractivity contribution is 6.35. The maximum Gasteiger partial charge on any atom is 0.309 e. The molecule has 1 rings (SSSR count). The molecule has 0 saturated heterocycles. The van der Waals surface area contributed by atoms with Crippen LogP contribution in [-0.2, 0) is 9.59 Å². The van der Waals surface area contributed by atoms with E-state index in [-0.39, 0.29) is 6.04 Å². The van der Waals surface area contributed by atoms with Crippen LogP contribution in [0.1, 0.15) is 52.9 Å². The molecule has 1 aliphatic rings. The van der Waals surface area contributed by atoms with Crippen molar-refractivity contribution >= 4 is 11.8 Å². The highest BCUT2D eigenvalue weighted by atomic mass is 16.2. The second-order valence-electron chi connectivity index (χ2n) is 5.98. The molecule has 1 fully saturated rings. The van der Waals surface area contributed by atoms with Gasteiger partial charge in [0.05, 0.1) is 0 Å². The molecule has 122 valence electrons. The zero-order chi connectivity index (χ0) is 15.7. The molecule has 2 amide bonds. The van der Waals surface area contributed by atoms with Gasteiger partial charge in [0.2, 0.25) is 0 Å². The molecule has 21 heavy (non-hydrogen) atoms. The number of nitrogens with zero attached hydrogens (tertiary/aromatic N) is 1. The quantitative estimate of drug-likeness (QED) is 0.553. The van der Waals surface area contributed by atoms with Crippen LogP contribution in [0, 0.1) is 5.92 Å². The summed E-state index contributed by atoms with van der Waals surface area (Å²) >= 11 is 0. The Morgan fingerprint density at radius 3 is 2.38 bits per heavy atom. The molecule has 2 atom stereocenters. The lowest BCUT2D eigenvalue weighted by atomic mass is 9.86. The van der Waals surface area contributed by atoms with Crippen molar-refractivity contribution in [2.45, 2.75) is 58.9 Å². The van der Waals surface area contributed by atoms with E-state index in [1.54, 1.807) is 0 Å². The van der Waals surface area contributed by atoms with Gasteiger partial charge in [0.15, 0.2) is 0 Å². The number of carbonyl (C=O) groups is 2. The highest BCUT2D eigenvalue weighted by Gasteiger charge is 2.25. The maximum atomic E-state index is 11.9. The standard InChI is InChI=1S/C16H31N3O2/c1-4-19(5-2)12-8-11-17-15(20)16(21)18-14-10-7-6-9-13(14)3/h13-14H,4-12H2,1-3H3,(H,17,20)(H,18,21).